The van der Waals surface area contributed by atoms with E-state index in [0.29, 0.717) is 0 Å². The molecule has 1 N–H and O–H groups in total. The van der Waals surface area contributed by atoms with E-state index in [1.807, 2.05) is 0 Å². The molecule has 1 rings (SSSR count). The van der Waals surface area contributed by atoms with E-state index in [2.05, 4.69) is 20.0 Å². The average Bonchev–Trinajstić information content (AvgIpc) is 2.23. The highest BCUT2D eigenvalue weighted by Crippen LogP contribution is 2.10. The lowest BCUT2D eigenvalue weighted by atomic mass is 10.4. The smallest absolute Gasteiger partial charge is 0.261 e. The van der Waals surface area contributed by atoms with E-state index in [4.69, 9.17) is 0 Å². The molecule has 0 spiro atoms. The first-order valence-corrected chi connectivity index (χ1v) is 4.68. The van der Waals surface area contributed by atoms with Crippen LogP contribution in [0.25, 0.3) is 0 Å². The molecule has 0 fully saturated rings. The van der Waals surface area contributed by atoms with Crippen molar-refractivity contribution in [2.45, 2.75) is 13.3 Å². The van der Waals surface area contributed by atoms with E-state index in [9.17, 15) is 13.2 Å². The number of aromatic nitrogens is 2. The van der Waals surface area contributed by atoms with Crippen molar-refractivity contribution in [1.82, 2.24) is 9.97 Å². The summed E-state index contributed by atoms with van der Waals surface area (Å²) in [7, 11) is 0. The van der Waals surface area contributed by atoms with E-state index in [0.717, 1.165) is 0 Å². The Bertz CT molecular complexity index is 336. The van der Waals surface area contributed by atoms with Gasteiger partial charge in [-0.1, -0.05) is 0 Å². The quantitative estimate of drug-likeness (QED) is 0.761. The van der Waals surface area contributed by atoms with Crippen molar-refractivity contribution in [3.8, 4) is 0 Å². The maximum Gasteiger partial charge on any atom is 0.261 e. The standard InChI is InChI=1S/C9H12F3N3O/c1-6-8(12)9(15-5-14-6)13-2-3-16-4-7(10)11/h5,7H,2-4H2,1H3,(H,13,14,15). The summed E-state index contributed by atoms with van der Waals surface area (Å²) < 4.78 is 41.3. The predicted molar refractivity (Wildman–Crippen MR) is 52.0 cm³/mol. The molecule has 0 saturated carbocycles. The minimum atomic E-state index is -2.49. The van der Waals surface area contributed by atoms with Gasteiger partial charge in [-0.3, -0.25) is 0 Å². The Balaban J connectivity index is 2.29. The third kappa shape index (κ3) is 4.01. The van der Waals surface area contributed by atoms with Gasteiger partial charge in [0.2, 0.25) is 0 Å². The van der Waals surface area contributed by atoms with Crippen LogP contribution in [0, 0.1) is 12.7 Å². The van der Waals surface area contributed by atoms with Crippen LogP contribution in [0.3, 0.4) is 0 Å². The third-order valence-electron chi connectivity index (χ3n) is 1.75. The lowest BCUT2D eigenvalue weighted by molar-refractivity contribution is 0.0214. The minimum absolute atomic E-state index is 0.0492. The topological polar surface area (TPSA) is 47.0 Å². The Hall–Kier alpha value is -1.37. The molecule has 0 amide bonds. The van der Waals surface area contributed by atoms with Gasteiger partial charge in [0.15, 0.2) is 11.6 Å². The average molecular weight is 235 g/mol. The molecule has 0 aliphatic carbocycles. The number of anilines is 1. The van der Waals surface area contributed by atoms with Crippen molar-refractivity contribution in [2.75, 3.05) is 25.1 Å². The molecule has 1 aromatic rings. The first-order chi connectivity index (χ1) is 7.61. The minimum Gasteiger partial charge on any atom is -0.374 e. The van der Waals surface area contributed by atoms with E-state index in [1.165, 1.54) is 13.3 Å². The van der Waals surface area contributed by atoms with Gasteiger partial charge in [0.25, 0.3) is 6.43 Å². The van der Waals surface area contributed by atoms with Gasteiger partial charge >= 0.3 is 0 Å². The lowest BCUT2D eigenvalue weighted by Crippen LogP contribution is -2.15. The molecular formula is C9H12F3N3O. The van der Waals surface area contributed by atoms with Crippen molar-refractivity contribution < 1.29 is 17.9 Å². The summed E-state index contributed by atoms with van der Waals surface area (Å²) in [6.45, 7) is 1.16. The Kier molecular flexibility index (Phi) is 4.97. The van der Waals surface area contributed by atoms with Crippen molar-refractivity contribution >= 4 is 5.82 Å². The van der Waals surface area contributed by atoms with Crippen molar-refractivity contribution in [2.24, 2.45) is 0 Å². The van der Waals surface area contributed by atoms with Crippen LogP contribution in [0.5, 0.6) is 0 Å². The molecule has 0 aliphatic heterocycles. The number of ether oxygens (including phenoxy) is 1. The molecule has 4 nitrogen and oxygen atoms in total. The molecule has 1 heterocycles. The zero-order valence-electron chi connectivity index (χ0n) is 8.71. The molecule has 0 atom stereocenters. The third-order valence-corrected chi connectivity index (χ3v) is 1.75. The van der Waals surface area contributed by atoms with Gasteiger partial charge in [-0.25, -0.2) is 23.1 Å². The molecule has 0 aromatic carbocycles. The van der Waals surface area contributed by atoms with Crippen LogP contribution in [0.4, 0.5) is 19.0 Å². The van der Waals surface area contributed by atoms with Crippen LogP contribution in [0.15, 0.2) is 6.33 Å². The molecule has 0 unspecified atom stereocenters. The van der Waals surface area contributed by atoms with E-state index < -0.39 is 18.8 Å². The number of rotatable bonds is 6. The van der Waals surface area contributed by atoms with Crippen LogP contribution >= 0.6 is 0 Å². The van der Waals surface area contributed by atoms with Gasteiger partial charge in [0.05, 0.1) is 12.3 Å². The molecule has 16 heavy (non-hydrogen) atoms. The Labute approximate surface area is 90.9 Å². The second-order valence-corrected chi connectivity index (χ2v) is 3.01. The maximum absolute atomic E-state index is 13.3. The van der Waals surface area contributed by atoms with Gasteiger partial charge in [0.1, 0.15) is 12.9 Å². The molecule has 0 aliphatic rings. The van der Waals surface area contributed by atoms with Crippen molar-refractivity contribution in [3.63, 3.8) is 0 Å². The van der Waals surface area contributed by atoms with Crippen LogP contribution in [0.1, 0.15) is 5.69 Å². The molecular weight excluding hydrogens is 223 g/mol. The Morgan fingerprint density at radius 2 is 2.19 bits per heavy atom. The van der Waals surface area contributed by atoms with Gasteiger partial charge in [-0.2, -0.15) is 0 Å². The zero-order valence-corrected chi connectivity index (χ0v) is 8.71. The number of aryl methyl sites for hydroxylation is 1. The first-order valence-electron chi connectivity index (χ1n) is 4.68. The van der Waals surface area contributed by atoms with Crippen LogP contribution in [-0.2, 0) is 4.74 Å². The monoisotopic (exact) mass is 235 g/mol. The largest absolute Gasteiger partial charge is 0.374 e. The molecule has 90 valence electrons. The van der Waals surface area contributed by atoms with Crippen molar-refractivity contribution in [3.05, 3.63) is 17.8 Å². The molecule has 0 bridgehead atoms. The van der Waals surface area contributed by atoms with Crippen molar-refractivity contribution in [1.29, 1.82) is 0 Å². The summed E-state index contributed by atoms with van der Waals surface area (Å²) in [5.41, 5.74) is 0.228. The number of hydrogen-bond donors (Lipinski definition) is 1. The van der Waals surface area contributed by atoms with Crippen LogP contribution in [-0.4, -0.2) is 36.2 Å². The number of alkyl halides is 2. The summed E-state index contributed by atoms with van der Waals surface area (Å²) in [6, 6.07) is 0. The summed E-state index contributed by atoms with van der Waals surface area (Å²) in [4.78, 5) is 7.32. The number of hydrogen-bond acceptors (Lipinski definition) is 4. The highest BCUT2D eigenvalue weighted by molar-refractivity contribution is 5.36. The second kappa shape index (κ2) is 6.26. The normalized spacial score (nSPS) is 10.8. The fraction of sp³-hybridized carbons (Fsp3) is 0.556. The number of nitrogens with one attached hydrogen (secondary N) is 1. The van der Waals surface area contributed by atoms with E-state index in [1.54, 1.807) is 0 Å². The summed E-state index contributed by atoms with van der Waals surface area (Å²) in [5, 5.41) is 2.63. The summed E-state index contributed by atoms with van der Waals surface area (Å²) in [6.07, 6.45) is -1.26. The second-order valence-electron chi connectivity index (χ2n) is 3.01. The molecule has 0 saturated heterocycles. The zero-order chi connectivity index (χ0) is 12.0. The van der Waals surface area contributed by atoms with Gasteiger partial charge in [-0.15, -0.1) is 0 Å². The number of halogens is 3. The van der Waals surface area contributed by atoms with Crippen LogP contribution in [0.2, 0.25) is 0 Å². The Morgan fingerprint density at radius 1 is 1.44 bits per heavy atom. The van der Waals surface area contributed by atoms with E-state index in [-0.39, 0.29) is 24.7 Å². The highest BCUT2D eigenvalue weighted by Gasteiger charge is 2.06. The van der Waals surface area contributed by atoms with Gasteiger partial charge < -0.3 is 10.1 Å². The van der Waals surface area contributed by atoms with E-state index >= 15 is 0 Å². The summed E-state index contributed by atoms with van der Waals surface area (Å²) in [5.74, 6) is -0.496. The fourth-order valence-corrected chi connectivity index (χ4v) is 0.995. The molecule has 7 heteroatoms. The van der Waals surface area contributed by atoms with Gasteiger partial charge in [0, 0.05) is 6.54 Å². The Morgan fingerprint density at radius 3 is 2.88 bits per heavy atom. The molecule has 1 aromatic heterocycles. The lowest BCUT2D eigenvalue weighted by Gasteiger charge is -2.07. The maximum atomic E-state index is 13.3. The molecule has 0 radical (unpaired) electrons. The highest BCUT2D eigenvalue weighted by atomic mass is 19.3. The van der Waals surface area contributed by atoms with Crippen LogP contribution < -0.4 is 5.32 Å². The first kappa shape index (κ1) is 12.7. The number of nitrogens with zero attached hydrogens (tertiary/aromatic N) is 2. The SMILES string of the molecule is Cc1ncnc(NCCOCC(F)F)c1F. The fourth-order valence-electron chi connectivity index (χ4n) is 0.995. The van der Waals surface area contributed by atoms with Gasteiger partial charge in [-0.05, 0) is 6.92 Å². The summed E-state index contributed by atoms with van der Waals surface area (Å²) >= 11 is 0. The predicted octanol–water partition coefficient (Wildman–Crippen LogP) is 1.62.